The van der Waals surface area contributed by atoms with Gasteiger partial charge in [-0.25, -0.2) is 0 Å². The van der Waals surface area contributed by atoms with E-state index in [4.69, 9.17) is 10.2 Å². The molecular formula is C4H12BrNO2. The molecule has 0 amide bonds. The molecule has 2 atom stereocenters. The molecule has 0 saturated carbocycles. The van der Waals surface area contributed by atoms with Gasteiger partial charge in [-0.05, 0) is 6.92 Å². The molecule has 0 aliphatic heterocycles. The first kappa shape index (κ1) is 11.2. The third-order valence-corrected chi connectivity index (χ3v) is 1.38. The van der Waals surface area contributed by atoms with Crippen molar-refractivity contribution in [3.8, 4) is 0 Å². The highest BCUT2D eigenvalue weighted by Crippen LogP contribution is 1.94. The summed E-state index contributed by atoms with van der Waals surface area (Å²) in [4.78, 5) is 0. The first-order chi connectivity index (χ1) is 3.18. The average Bonchev–Trinajstić information content (AvgIpc) is 1.65. The van der Waals surface area contributed by atoms with Gasteiger partial charge in [-0.3, -0.25) is 0 Å². The zero-order chi connectivity index (χ0) is 5.86. The highest BCUT2D eigenvalue weighted by molar-refractivity contribution is 9.09. The van der Waals surface area contributed by atoms with Crippen LogP contribution in [0.5, 0.6) is 0 Å². The first-order valence-corrected chi connectivity index (χ1v) is 3.22. The molecule has 0 heterocycles. The van der Waals surface area contributed by atoms with Crippen molar-refractivity contribution in [2.45, 2.75) is 19.1 Å². The van der Waals surface area contributed by atoms with E-state index in [9.17, 15) is 0 Å². The van der Waals surface area contributed by atoms with Crippen LogP contribution in [0.15, 0.2) is 0 Å². The van der Waals surface area contributed by atoms with Crippen molar-refractivity contribution in [3.63, 3.8) is 0 Å². The predicted molar refractivity (Wildman–Crippen MR) is 36.5 cm³/mol. The molecular weight excluding hydrogens is 174 g/mol. The van der Waals surface area contributed by atoms with Gasteiger partial charge in [0.25, 0.3) is 0 Å². The first-order valence-electron chi connectivity index (χ1n) is 2.10. The monoisotopic (exact) mass is 185 g/mol. The number of aliphatic hydroxyl groups excluding tert-OH is 2. The Morgan fingerprint density at radius 2 is 1.88 bits per heavy atom. The number of hydrogen-bond acceptors (Lipinski definition) is 3. The normalized spacial score (nSPS) is 16.5. The summed E-state index contributed by atoms with van der Waals surface area (Å²) in [6.07, 6.45) is -1.25. The molecule has 52 valence electrons. The third kappa shape index (κ3) is 4.52. The molecule has 0 rings (SSSR count). The molecule has 0 aromatic heterocycles. The van der Waals surface area contributed by atoms with Gasteiger partial charge >= 0.3 is 0 Å². The molecule has 0 radical (unpaired) electrons. The Hall–Kier alpha value is 0.360. The number of alkyl halides is 1. The van der Waals surface area contributed by atoms with E-state index >= 15 is 0 Å². The van der Waals surface area contributed by atoms with Gasteiger partial charge < -0.3 is 16.4 Å². The molecule has 0 fully saturated rings. The van der Waals surface area contributed by atoms with Crippen LogP contribution in [0.25, 0.3) is 0 Å². The Morgan fingerprint density at radius 1 is 1.50 bits per heavy atom. The van der Waals surface area contributed by atoms with Gasteiger partial charge in [0.05, 0.1) is 12.2 Å². The van der Waals surface area contributed by atoms with Gasteiger partial charge in [-0.2, -0.15) is 0 Å². The summed E-state index contributed by atoms with van der Waals surface area (Å²) < 4.78 is 0. The Balaban J connectivity index is 0. The van der Waals surface area contributed by atoms with Crippen LogP contribution in [0.4, 0.5) is 0 Å². The van der Waals surface area contributed by atoms with Gasteiger partial charge in [-0.15, -0.1) is 0 Å². The SMILES string of the molecule is CC(O)C(O)CBr.N. The van der Waals surface area contributed by atoms with Gasteiger partial charge in [0.15, 0.2) is 0 Å². The molecule has 0 spiro atoms. The molecule has 0 saturated heterocycles. The van der Waals surface area contributed by atoms with Crippen LogP contribution < -0.4 is 6.15 Å². The summed E-state index contributed by atoms with van der Waals surface area (Å²) in [5.41, 5.74) is 0. The highest BCUT2D eigenvalue weighted by atomic mass is 79.9. The number of hydrogen-bond donors (Lipinski definition) is 3. The van der Waals surface area contributed by atoms with Crippen LogP contribution in [0, 0.1) is 0 Å². The molecule has 0 bridgehead atoms. The molecule has 0 aromatic carbocycles. The zero-order valence-electron chi connectivity index (χ0n) is 4.84. The molecule has 5 N–H and O–H groups in total. The lowest BCUT2D eigenvalue weighted by Gasteiger charge is -2.07. The van der Waals surface area contributed by atoms with Crippen molar-refractivity contribution in [3.05, 3.63) is 0 Å². The fourth-order valence-corrected chi connectivity index (χ4v) is 0.670. The fraction of sp³-hybridized carbons (Fsp3) is 1.00. The second-order valence-electron chi connectivity index (χ2n) is 1.46. The number of halogens is 1. The molecule has 0 aliphatic carbocycles. The van der Waals surface area contributed by atoms with Crippen LogP contribution in [-0.2, 0) is 0 Å². The van der Waals surface area contributed by atoms with E-state index < -0.39 is 12.2 Å². The predicted octanol–water partition coefficient (Wildman–Crippen LogP) is 0.285. The lowest BCUT2D eigenvalue weighted by atomic mass is 10.3. The van der Waals surface area contributed by atoms with Crippen molar-refractivity contribution in [2.24, 2.45) is 0 Å². The minimum absolute atomic E-state index is 0. The summed E-state index contributed by atoms with van der Waals surface area (Å²) in [6.45, 7) is 1.55. The van der Waals surface area contributed by atoms with Crippen molar-refractivity contribution in [1.82, 2.24) is 6.15 Å². The van der Waals surface area contributed by atoms with E-state index in [0.717, 1.165) is 0 Å². The minimum atomic E-state index is -0.626. The minimum Gasteiger partial charge on any atom is -0.391 e. The Morgan fingerprint density at radius 3 is 1.88 bits per heavy atom. The molecule has 0 aliphatic rings. The smallest absolute Gasteiger partial charge is 0.0892 e. The Kier molecular flexibility index (Phi) is 7.69. The van der Waals surface area contributed by atoms with E-state index in [-0.39, 0.29) is 6.15 Å². The summed E-state index contributed by atoms with van der Waals surface area (Å²) in [5, 5.41) is 17.6. The summed E-state index contributed by atoms with van der Waals surface area (Å²) in [5.74, 6) is 0. The van der Waals surface area contributed by atoms with E-state index in [1.54, 1.807) is 6.92 Å². The van der Waals surface area contributed by atoms with Crippen molar-refractivity contribution < 1.29 is 10.2 Å². The summed E-state index contributed by atoms with van der Waals surface area (Å²) in [7, 11) is 0. The lowest BCUT2D eigenvalue weighted by molar-refractivity contribution is 0.0476. The van der Waals surface area contributed by atoms with Crippen molar-refractivity contribution in [1.29, 1.82) is 0 Å². The van der Waals surface area contributed by atoms with Crippen LogP contribution in [0.2, 0.25) is 0 Å². The fourth-order valence-electron chi connectivity index (χ4n) is 0.129. The molecule has 8 heavy (non-hydrogen) atoms. The topological polar surface area (TPSA) is 75.5 Å². The molecule has 3 nitrogen and oxygen atoms in total. The lowest BCUT2D eigenvalue weighted by Crippen LogP contribution is -2.23. The van der Waals surface area contributed by atoms with E-state index in [0.29, 0.717) is 5.33 Å². The highest BCUT2D eigenvalue weighted by Gasteiger charge is 2.06. The van der Waals surface area contributed by atoms with Crippen LogP contribution >= 0.6 is 15.9 Å². The van der Waals surface area contributed by atoms with E-state index in [1.807, 2.05) is 0 Å². The third-order valence-electron chi connectivity index (χ3n) is 0.715. The maximum Gasteiger partial charge on any atom is 0.0892 e. The number of aliphatic hydroxyl groups is 2. The van der Waals surface area contributed by atoms with Crippen LogP contribution in [0.1, 0.15) is 6.92 Å². The van der Waals surface area contributed by atoms with E-state index in [2.05, 4.69) is 15.9 Å². The number of rotatable bonds is 2. The van der Waals surface area contributed by atoms with Gasteiger partial charge in [0, 0.05) is 5.33 Å². The average molecular weight is 186 g/mol. The van der Waals surface area contributed by atoms with Crippen molar-refractivity contribution in [2.75, 3.05) is 5.33 Å². The second-order valence-corrected chi connectivity index (χ2v) is 2.11. The second kappa shape index (κ2) is 5.50. The largest absolute Gasteiger partial charge is 0.391 e. The Labute approximate surface area is 57.4 Å². The van der Waals surface area contributed by atoms with Crippen LogP contribution in [0.3, 0.4) is 0 Å². The van der Waals surface area contributed by atoms with E-state index in [1.165, 1.54) is 0 Å². The van der Waals surface area contributed by atoms with Crippen LogP contribution in [-0.4, -0.2) is 27.8 Å². The van der Waals surface area contributed by atoms with Gasteiger partial charge in [-0.1, -0.05) is 15.9 Å². The van der Waals surface area contributed by atoms with Gasteiger partial charge in [0.1, 0.15) is 0 Å². The quantitative estimate of drug-likeness (QED) is 0.542. The Bertz CT molecular complexity index is 51.3. The molecule has 0 aromatic rings. The standard InChI is InChI=1S/C4H9BrO2.H3N/c1-3(6)4(7)2-5;/h3-4,6-7H,2H2,1H3;1H3. The molecule has 2 unspecified atom stereocenters. The summed E-state index contributed by atoms with van der Waals surface area (Å²) >= 11 is 3.01. The summed E-state index contributed by atoms with van der Waals surface area (Å²) in [6, 6.07) is 0. The molecule has 4 heteroatoms. The van der Waals surface area contributed by atoms with Gasteiger partial charge in [0.2, 0.25) is 0 Å². The maximum absolute atomic E-state index is 8.64. The van der Waals surface area contributed by atoms with Crippen molar-refractivity contribution >= 4 is 15.9 Å². The maximum atomic E-state index is 8.64. The zero-order valence-corrected chi connectivity index (χ0v) is 6.43.